The van der Waals surface area contributed by atoms with E-state index in [1.54, 1.807) is 23.1 Å². The second kappa shape index (κ2) is 9.48. The molecular formula is C19H23N3O5S. The molecule has 0 aromatic heterocycles. The zero-order valence-corrected chi connectivity index (χ0v) is 16.7. The molecule has 1 aromatic carbocycles. The molecule has 0 bridgehead atoms. The number of hydrogen-bond donors (Lipinski definition) is 1. The van der Waals surface area contributed by atoms with Crippen molar-refractivity contribution in [2.75, 3.05) is 37.1 Å². The molecule has 1 N–H and O–H groups in total. The number of nitrogens with zero attached hydrogens (tertiary/aromatic N) is 2. The number of anilines is 1. The summed E-state index contributed by atoms with van der Waals surface area (Å²) in [4.78, 5) is 25.7. The fourth-order valence-electron chi connectivity index (χ4n) is 2.90. The summed E-state index contributed by atoms with van der Waals surface area (Å²) in [6.07, 6.45) is 1.82. The molecule has 1 atom stereocenters. The van der Waals surface area contributed by atoms with Gasteiger partial charge in [-0.2, -0.15) is 5.26 Å². The van der Waals surface area contributed by atoms with Crippen LogP contribution in [0.1, 0.15) is 23.7 Å². The van der Waals surface area contributed by atoms with Crippen LogP contribution in [0.25, 0.3) is 0 Å². The minimum Gasteiger partial charge on any atom is -0.383 e. The lowest BCUT2D eigenvalue weighted by atomic mass is 10.1. The molecule has 150 valence electrons. The monoisotopic (exact) mass is 405 g/mol. The van der Waals surface area contributed by atoms with Gasteiger partial charge in [-0.25, -0.2) is 8.42 Å². The number of sulfone groups is 1. The highest BCUT2D eigenvalue weighted by Crippen LogP contribution is 2.19. The summed E-state index contributed by atoms with van der Waals surface area (Å²) in [5.41, 5.74) is 0.678. The first kappa shape index (κ1) is 21.6. The van der Waals surface area contributed by atoms with Crippen LogP contribution < -0.4 is 5.32 Å². The fourth-order valence-corrected chi connectivity index (χ4v) is 4.65. The van der Waals surface area contributed by atoms with Crippen LogP contribution in [-0.4, -0.2) is 62.8 Å². The standard InChI is InChI=1S/C19H23N3O5S/c1-14(23)15-4-3-5-17(10-15)21-19(24)16(11-20)12-22(7-8-27-2)18-6-9-28(25,26)13-18/h3-5,10,12,18H,6-9,13H2,1-2H3,(H,21,24)/b16-12-. The van der Waals surface area contributed by atoms with Crippen molar-refractivity contribution in [2.24, 2.45) is 0 Å². The van der Waals surface area contributed by atoms with E-state index in [1.807, 2.05) is 6.07 Å². The van der Waals surface area contributed by atoms with E-state index >= 15 is 0 Å². The minimum absolute atomic E-state index is 0.0196. The number of nitriles is 1. The van der Waals surface area contributed by atoms with Crippen LogP contribution in [0, 0.1) is 11.3 Å². The number of ketones is 1. The second-order valence-electron chi connectivity index (χ2n) is 6.53. The van der Waals surface area contributed by atoms with Gasteiger partial charge in [0.25, 0.3) is 5.91 Å². The molecule has 0 radical (unpaired) electrons. The Kier molecular flexibility index (Phi) is 7.31. The first-order chi connectivity index (χ1) is 13.3. The maximum Gasteiger partial charge on any atom is 0.267 e. The topological polar surface area (TPSA) is 117 Å². The van der Waals surface area contributed by atoms with Crippen molar-refractivity contribution in [1.29, 1.82) is 5.26 Å². The van der Waals surface area contributed by atoms with Crippen molar-refractivity contribution < 1.29 is 22.7 Å². The number of rotatable bonds is 8. The van der Waals surface area contributed by atoms with Crippen LogP contribution in [0.5, 0.6) is 0 Å². The van der Waals surface area contributed by atoms with Crippen molar-refractivity contribution in [3.05, 3.63) is 41.6 Å². The van der Waals surface area contributed by atoms with Crippen LogP contribution >= 0.6 is 0 Å². The Bertz CT molecular complexity index is 918. The predicted molar refractivity (Wildman–Crippen MR) is 104 cm³/mol. The number of ether oxygens (including phenoxy) is 1. The fraction of sp³-hybridized carbons (Fsp3) is 0.421. The van der Waals surface area contributed by atoms with Crippen molar-refractivity contribution in [2.45, 2.75) is 19.4 Å². The molecule has 1 aliphatic rings. The first-order valence-electron chi connectivity index (χ1n) is 8.75. The van der Waals surface area contributed by atoms with Gasteiger partial charge < -0.3 is 15.0 Å². The molecule has 1 aromatic rings. The molecule has 1 saturated heterocycles. The van der Waals surface area contributed by atoms with Crippen molar-refractivity contribution >= 4 is 27.2 Å². The minimum atomic E-state index is -3.12. The summed E-state index contributed by atoms with van der Waals surface area (Å²) in [6.45, 7) is 2.11. The number of amides is 1. The Morgan fingerprint density at radius 1 is 1.43 bits per heavy atom. The summed E-state index contributed by atoms with van der Waals surface area (Å²) < 4.78 is 28.6. The van der Waals surface area contributed by atoms with Crippen LogP contribution in [-0.2, 0) is 19.4 Å². The molecule has 1 amide bonds. The van der Waals surface area contributed by atoms with Crippen molar-refractivity contribution in [3.8, 4) is 6.07 Å². The van der Waals surface area contributed by atoms with Gasteiger partial charge in [0.2, 0.25) is 0 Å². The molecular weight excluding hydrogens is 382 g/mol. The van der Waals surface area contributed by atoms with Gasteiger partial charge in [0, 0.05) is 37.1 Å². The maximum absolute atomic E-state index is 12.5. The van der Waals surface area contributed by atoms with Gasteiger partial charge >= 0.3 is 0 Å². The number of carbonyl (C=O) groups excluding carboxylic acids is 2. The number of nitrogens with one attached hydrogen (secondary N) is 1. The maximum atomic E-state index is 12.5. The highest BCUT2D eigenvalue weighted by molar-refractivity contribution is 7.91. The van der Waals surface area contributed by atoms with Crippen LogP contribution in [0.15, 0.2) is 36.0 Å². The van der Waals surface area contributed by atoms with Gasteiger partial charge in [0.15, 0.2) is 15.6 Å². The lowest BCUT2D eigenvalue weighted by Crippen LogP contribution is -2.35. The third-order valence-corrected chi connectivity index (χ3v) is 6.17. The van der Waals surface area contributed by atoms with E-state index in [0.717, 1.165) is 0 Å². The predicted octanol–water partition coefficient (Wildman–Crippen LogP) is 1.37. The molecule has 0 saturated carbocycles. The van der Waals surface area contributed by atoms with Gasteiger partial charge in [-0.15, -0.1) is 0 Å². The van der Waals surface area contributed by atoms with Gasteiger partial charge in [0.05, 0.1) is 18.1 Å². The SMILES string of the molecule is COCCN(/C=C(/C#N)C(=O)Nc1cccc(C(C)=O)c1)C1CCS(=O)(=O)C1. The molecule has 28 heavy (non-hydrogen) atoms. The van der Waals surface area contributed by atoms with Gasteiger partial charge in [-0.05, 0) is 25.5 Å². The van der Waals surface area contributed by atoms with E-state index in [0.29, 0.717) is 30.8 Å². The zero-order valence-electron chi connectivity index (χ0n) is 15.8. The Hall–Kier alpha value is -2.70. The molecule has 1 aliphatic heterocycles. The molecule has 9 heteroatoms. The van der Waals surface area contributed by atoms with Crippen LogP contribution in [0.3, 0.4) is 0 Å². The highest BCUT2D eigenvalue weighted by Gasteiger charge is 2.31. The molecule has 2 rings (SSSR count). The zero-order chi connectivity index (χ0) is 20.7. The number of benzene rings is 1. The average molecular weight is 405 g/mol. The van der Waals surface area contributed by atoms with Crippen LogP contribution in [0.2, 0.25) is 0 Å². The van der Waals surface area contributed by atoms with Gasteiger partial charge in [0.1, 0.15) is 11.6 Å². The molecule has 8 nitrogen and oxygen atoms in total. The summed E-state index contributed by atoms with van der Waals surface area (Å²) in [7, 11) is -1.60. The van der Waals surface area contributed by atoms with E-state index in [1.165, 1.54) is 26.3 Å². The molecule has 1 fully saturated rings. The van der Waals surface area contributed by atoms with E-state index in [2.05, 4.69) is 5.32 Å². The molecule has 0 spiro atoms. The van der Waals surface area contributed by atoms with Crippen molar-refractivity contribution in [3.63, 3.8) is 0 Å². The smallest absolute Gasteiger partial charge is 0.267 e. The Morgan fingerprint density at radius 3 is 2.75 bits per heavy atom. The molecule has 1 unspecified atom stereocenters. The van der Waals surface area contributed by atoms with Gasteiger partial charge in [-0.1, -0.05) is 12.1 Å². The summed E-state index contributed by atoms with van der Waals surface area (Å²) in [5.74, 6) is -0.707. The summed E-state index contributed by atoms with van der Waals surface area (Å²) >= 11 is 0. The Labute approximate surface area is 164 Å². The van der Waals surface area contributed by atoms with E-state index in [-0.39, 0.29) is 28.9 Å². The second-order valence-corrected chi connectivity index (χ2v) is 8.76. The first-order valence-corrected chi connectivity index (χ1v) is 10.6. The lowest BCUT2D eigenvalue weighted by molar-refractivity contribution is -0.112. The number of carbonyl (C=O) groups is 2. The third-order valence-electron chi connectivity index (χ3n) is 4.42. The number of Topliss-reactive ketones (excluding diaryl/α,β-unsaturated/α-hetero) is 1. The van der Waals surface area contributed by atoms with Crippen LogP contribution in [0.4, 0.5) is 5.69 Å². The number of methoxy groups -OCH3 is 1. The Balaban J connectivity index is 2.20. The third kappa shape index (κ3) is 5.90. The normalized spacial score (nSPS) is 18.3. The highest BCUT2D eigenvalue weighted by atomic mass is 32.2. The quantitative estimate of drug-likeness (QED) is 0.394. The van der Waals surface area contributed by atoms with Crippen molar-refractivity contribution in [1.82, 2.24) is 4.90 Å². The molecule has 1 heterocycles. The lowest BCUT2D eigenvalue weighted by Gasteiger charge is -2.26. The molecule has 0 aliphatic carbocycles. The average Bonchev–Trinajstić information content (AvgIpc) is 3.01. The summed E-state index contributed by atoms with van der Waals surface area (Å²) in [5, 5.41) is 12.0. The Morgan fingerprint density at radius 2 is 2.18 bits per heavy atom. The van der Waals surface area contributed by atoms with E-state index in [4.69, 9.17) is 4.74 Å². The van der Waals surface area contributed by atoms with E-state index in [9.17, 15) is 23.3 Å². The largest absolute Gasteiger partial charge is 0.383 e. The summed E-state index contributed by atoms with van der Waals surface area (Å²) in [6, 6.07) is 7.96. The van der Waals surface area contributed by atoms with Gasteiger partial charge in [-0.3, -0.25) is 9.59 Å². The number of hydrogen-bond acceptors (Lipinski definition) is 7. The van der Waals surface area contributed by atoms with E-state index < -0.39 is 15.7 Å².